The maximum atomic E-state index is 12.3. The highest BCUT2D eigenvalue weighted by molar-refractivity contribution is 7.89. The van der Waals surface area contributed by atoms with Crippen molar-refractivity contribution in [1.29, 1.82) is 0 Å². The number of aromatic nitrogens is 4. The molecule has 0 aliphatic rings. The summed E-state index contributed by atoms with van der Waals surface area (Å²) in [6, 6.07) is 8.29. The summed E-state index contributed by atoms with van der Waals surface area (Å²) < 4.78 is 28.6. The van der Waals surface area contributed by atoms with Crippen LogP contribution in [0, 0.1) is 13.8 Å². The van der Waals surface area contributed by atoms with Gasteiger partial charge in [0.1, 0.15) is 12.7 Å². The van der Waals surface area contributed by atoms with Crippen molar-refractivity contribution in [3.8, 4) is 5.82 Å². The third kappa shape index (κ3) is 4.78. The molecule has 28 heavy (non-hydrogen) atoms. The summed E-state index contributed by atoms with van der Waals surface area (Å²) in [5.74, 6) is 0.245. The second-order valence-electron chi connectivity index (χ2n) is 6.19. The number of carbonyl (C=O) groups excluding carboxylic acids is 1. The normalized spacial score (nSPS) is 11.4. The fraction of sp³-hybridized carbons (Fsp3) is 0.222. The first-order valence-electron chi connectivity index (χ1n) is 8.53. The molecule has 0 radical (unpaired) electrons. The lowest BCUT2D eigenvalue weighted by Gasteiger charge is -2.09. The van der Waals surface area contributed by atoms with Gasteiger partial charge in [0.25, 0.3) is 0 Å². The van der Waals surface area contributed by atoms with E-state index < -0.39 is 10.0 Å². The molecule has 0 unspecified atom stereocenters. The molecule has 0 aliphatic heterocycles. The number of hydrogen-bond donors (Lipinski definition) is 2. The minimum absolute atomic E-state index is 0.00506. The van der Waals surface area contributed by atoms with E-state index in [-0.39, 0.29) is 23.8 Å². The lowest BCUT2D eigenvalue weighted by molar-refractivity contribution is -0.116. The third-order valence-corrected chi connectivity index (χ3v) is 5.58. The molecule has 0 atom stereocenters. The summed E-state index contributed by atoms with van der Waals surface area (Å²) >= 11 is 0. The summed E-state index contributed by atoms with van der Waals surface area (Å²) in [4.78, 5) is 20.3. The van der Waals surface area contributed by atoms with Gasteiger partial charge in [0, 0.05) is 13.0 Å². The highest BCUT2D eigenvalue weighted by atomic mass is 32.2. The van der Waals surface area contributed by atoms with E-state index in [1.807, 2.05) is 13.8 Å². The van der Waals surface area contributed by atoms with Crippen molar-refractivity contribution in [1.82, 2.24) is 24.5 Å². The van der Waals surface area contributed by atoms with Crippen molar-refractivity contribution in [2.24, 2.45) is 0 Å². The van der Waals surface area contributed by atoms with Crippen LogP contribution in [-0.2, 0) is 14.8 Å². The number of rotatable bonds is 7. The highest BCUT2D eigenvalue weighted by Gasteiger charge is 2.15. The van der Waals surface area contributed by atoms with Gasteiger partial charge in [-0.25, -0.2) is 27.8 Å². The van der Waals surface area contributed by atoms with Crippen molar-refractivity contribution in [3.63, 3.8) is 0 Å². The molecule has 3 aromatic rings. The lowest BCUT2D eigenvalue weighted by atomic mass is 10.1. The second kappa shape index (κ2) is 8.28. The molecule has 2 aromatic heterocycles. The fourth-order valence-corrected chi connectivity index (χ4v) is 3.53. The zero-order chi connectivity index (χ0) is 20.1. The maximum absolute atomic E-state index is 12.3. The molecule has 2 heterocycles. The van der Waals surface area contributed by atoms with Crippen LogP contribution in [0.25, 0.3) is 5.82 Å². The molecule has 0 saturated heterocycles. The van der Waals surface area contributed by atoms with E-state index in [1.165, 1.54) is 23.5 Å². The summed E-state index contributed by atoms with van der Waals surface area (Å²) in [6.45, 7) is 3.76. The lowest BCUT2D eigenvalue weighted by Crippen LogP contribution is -2.28. The van der Waals surface area contributed by atoms with Crippen molar-refractivity contribution < 1.29 is 13.2 Å². The van der Waals surface area contributed by atoms with Crippen molar-refractivity contribution in [3.05, 3.63) is 60.3 Å². The van der Waals surface area contributed by atoms with E-state index in [2.05, 4.69) is 25.1 Å². The Hall–Kier alpha value is -3.11. The first kappa shape index (κ1) is 19.6. The van der Waals surface area contributed by atoms with Gasteiger partial charge in [0.2, 0.25) is 15.9 Å². The molecule has 1 aromatic carbocycles. The van der Waals surface area contributed by atoms with Gasteiger partial charge in [-0.1, -0.05) is 6.07 Å². The van der Waals surface area contributed by atoms with Gasteiger partial charge >= 0.3 is 0 Å². The Balaban J connectivity index is 1.52. The molecule has 9 nitrogen and oxygen atoms in total. The molecule has 10 heteroatoms. The van der Waals surface area contributed by atoms with E-state index in [0.717, 1.165) is 11.1 Å². The average Bonchev–Trinajstić information content (AvgIpc) is 3.19. The van der Waals surface area contributed by atoms with Crippen LogP contribution in [0.2, 0.25) is 0 Å². The Kier molecular flexibility index (Phi) is 5.81. The number of benzene rings is 1. The van der Waals surface area contributed by atoms with E-state index in [4.69, 9.17) is 0 Å². The van der Waals surface area contributed by atoms with Crippen LogP contribution in [0.3, 0.4) is 0 Å². The Morgan fingerprint density at radius 1 is 1.14 bits per heavy atom. The molecule has 1 amide bonds. The van der Waals surface area contributed by atoms with Crippen LogP contribution in [0.5, 0.6) is 0 Å². The minimum atomic E-state index is -3.66. The Labute approximate surface area is 162 Å². The number of nitrogens with zero attached hydrogens (tertiary/aromatic N) is 4. The summed E-state index contributed by atoms with van der Waals surface area (Å²) in [5, 5.41) is 6.64. The molecule has 0 saturated carbocycles. The summed E-state index contributed by atoms with van der Waals surface area (Å²) in [7, 11) is -3.66. The number of carbonyl (C=O) groups is 1. The SMILES string of the molecule is Cc1ccc(S(=O)(=O)NCCC(=O)Nc2ccc(-n3cncn3)nc2)cc1C. The molecular formula is C18H20N6O3S. The average molecular weight is 400 g/mol. The van der Waals surface area contributed by atoms with Crippen molar-refractivity contribution >= 4 is 21.6 Å². The van der Waals surface area contributed by atoms with Crippen molar-refractivity contribution in [2.75, 3.05) is 11.9 Å². The zero-order valence-corrected chi connectivity index (χ0v) is 16.3. The largest absolute Gasteiger partial charge is 0.325 e. The Morgan fingerprint density at radius 3 is 2.61 bits per heavy atom. The second-order valence-corrected chi connectivity index (χ2v) is 7.95. The standard InChI is InChI=1S/C18H20N6O3S/c1-13-3-5-16(9-14(13)2)28(26,27)22-8-7-18(25)23-15-4-6-17(20-10-15)24-12-19-11-21-24/h3-6,9-12,22H,7-8H2,1-2H3,(H,23,25). The van der Waals surface area contributed by atoms with Gasteiger partial charge in [-0.05, 0) is 49.2 Å². The van der Waals surface area contributed by atoms with Crippen LogP contribution in [0.4, 0.5) is 5.69 Å². The monoisotopic (exact) mass is 400 g/mol. The molecule has 0 aliphatic carbocycles. The van der Waals surface area contributed by atoms with E-state index in [9.17, 15) is 13.2 Å². The maximum Gasteiger partial charge on any atom is 0.240 e. The fourth-order valence-electron chi connectivity index (χ4n) is 2.41. The molecular weight excluding hydrogens is 380 g/mol. The number of pyridine rings is 1. The Morgan fingerprint density at radius 2 is 1.96 bits per heavy atom. The zero-order valence-electron chi connectivity index (χ0n) is 15.5. The first-order chi connectivity index (χ1) is 13.3. The highest BCUT2D eigenvalue weighted by Crippen LogP contribution is 2.14. The van der Waals surface area contributed by atoms with Crippen LogP contribution < -0.4 is 10.0 Å². The summed E-state index contributed by atoms with van der Waals surface area (Å²) in [5.41, 5.74) is 2.41. The number of amides is 1. The quantitative estimate of drug-likeness (QED) is 0.622. The summed E-state index contributed by atoms with van der Waals surface area (Å²) in [6.07, 6.45) is 4.40. The van der Waals surface area contributed by atoms with Crippen LogP contribution >= 0.6 is 0 Å². The number of sulfonamides is 1. The molecule has 3 rings (SSSR count). The Bertz CT molecular complexity index is 1060. The van der Waals surface area contributed by atoms with E-state index >= 15 is 0 Å². The number of aryl methyl sites for hydroxylation is 2. The molecule has 2 N–H and O–H groups in total. The van der Waals surface area contributed by atoms with Crippen LogP contribution in [0.15, 0.2) is 54.1 Å². The van der Waals surface area contributed by atoms with Crippen LogP contribution in [0.1, 0.15) is 17.5 Å². The van der Waals surface area contributed by atoms with Gasteiger partial charge < -0.3 is 5.32 Å². The van der Waals surface area contributed by atoms with Gasteiger partial charge in [-0.3, -0.25) is 4.79 Å². The van der Waals surface area contributed by atoms with E-state index in [0.29, 0.717) is 11.5 Å². The van der Waals surface area contributed by atoms with Gasteiger partial charge in [-0.2, -0.15) is 5.10 Å². The number of hydrogen-bond acceptors (Lipinski definition) is 6. The topological polar surface area (TPSA) is 119 Å². The third-order valence-electron chi connectivity index (χ3n) is 4.12. The molecule has 0 fully saturated rings. The molecule has 0 spiro atoms. The van der Waals surface area contributed by atoms with E-state index in [1.54, 1.807) is 30.3 Å². The molecule has 0 bridgehead atoms. The van der Waals surface area contributed by atoms with Crippen LogP contribution in [-0.4, -0.2) is 40.6 Å². The minimum Gasteiger partial charge on any atom is -0.325 e. The van der Waals surface area contributed by atoms with Gasteiger partial charge in [0.15, 0.2) is 5.82 Å². The first-order valence-corrected chi connectivity index (χ1v) is 10.0. The molecule has 146 valence electrons. The predicted molar refractivity (Wildman–Crippen MR) is 104 cm³/mol. The smallest absolute Gasteiger partial charge is 0.240 e. The van der Waals surface area contributed by atoms with Gasteiger partial charge in [-0.15, -0.1) is 0 Å². The number of nitrogens with one attached hydrogen (secondary N) is 2. The van der Waals surface area contributed by atoms with Gasteiger partial charge in [0.05, 0.1) is 16.8 Å². The predicted octanol–water partition coefficient (Wildman–Crippen LogP) is 1.59. The van der Waals surface area contributed by atoms with Crippen molar-refractivity contribution in [2.45, 2.75) is 25.2 Å². The number of anilines is 1.